The molecule has 0 amide bonds. The van der Waals surface area contributed by atoms with Crippen LogP contribution in [0.4, 0.5) is 0 Å². The summed E-state index contributed by atoms with van der Waals surface area (Å²) >= 11 is 3.44. The second-order valence-electron chi connectivity index (χ2n) is 8.10. The van der Waals surface area contributed by atoms with Gasteiger partial charge in [-0.2, -0.15) is 0 Å². The van der Waals surface area contributed by atoms with Gasteiger partial charge in [-0.05, 0) is 50.5 Å². The van der Waals surface area contributed by atoms with Crippen LogP contribution in [0.3, 0.4) is 0 Å². The van der Waals surface area contributed by atoms with Gasteiger partial charge in [-0.15, -0.1) is 0 Å². The first-order chi connectivity index (χ1) is 17.0. The van der Waals surface area contributed by atoms with E-state index in [4.69, 9.17) is 14.2 Å². The third kappa shape index (κ3) is 9.94. The van der Waals surface area contributed by atoms with E-state index in [1.54, 1.807) is 50.2 Å². The molecule has 0 aliphatic carbocycles. The molecule has 35 heavy (non-hydrogen) atoms. The van der Waals surface area contributed by atoms with Crippen molar-refractivity contribution in [2.24, 2.45) is 0 Å². The van der Waals surface area contributed by atoms with E-state index in [0.717, 1.165) is 36.6 Å². The zero-order valence-electron chi connectivity index (χ0n) is 20.6. The molecule has 0 bridgehead atoms. The predicted molar refractivity (Wildman–Crippen MR) is 139 cm³/mol. The molecule has 190 valence electrons. The van der Waals surface area contributed by atoms with Gasteiger partial charge in [0.25, 0.3) is 0 Å². The Morgan fingerprint density at radius 2 is 1.43 bits per heavy atom. The van der Waals surface area contributed by atoms with Crippen molar-refractivity contribution in [3.05, 3.63) is 70.8 Å². The lowest BCUT2D eigenvalue weighted by Crippen LogP contribution is -2.29. The molecule has 0 fully saturated rings. The summed E-state index contributed by atoms with van der Waals surface area (Å²) in [7, 11) is 0. The summed E-state index contributed by atoms with van der Waals surface area (Å²) in [5.74, 6) is -1.07. The fraction of sp³-hybridized carbons (Fsp3) is 0.464. The van der Waals surface area contributed by atoms with Crippen molar-refractivity contribution in [1.82, 2.24) is 0 Å². The SMILES string of the molecule is CCOC(=O)c1cccc(C(=O)c2cccc(CC(OCCCCCCCBr)C(=O)OCC)c2)c1. The molecule has 6 nitrogen and oxygen atoms in total. The number of hydrogen-bond donors (Lipinski definition) is 0. The van der Waals surface area contributed by atoms with E-state index >= 15 is 0 Å². The lowest BCUT2D eigenvalue weighted by molar-refractivity contribution is -0.156. The molecule has 0 aromatic heterocycles. The highest BCUT2D eigenvalue weighted by molar-refractivity contribution is 9.09. The fourth-order valence-electron chi connectivity index (χ4n) is 3.62. The van der Waals surface area contributed by atoms with Crippen LogP contribution in [0.5, 0.6) is 0 Å². The number of ketones is 1. The summed E-state index contributed by atoms with van der Waals surface area (Å²) in [6.45, 7) is 4.53. The van der Waals surface area contributed by atoms with Gasteiger partial charge >= 0.3 is 11.9 Å². The van der Waals surface area contributed by atoms with Crippen molar-refractivity contribution in [2.75, 3.05) is 25.2 Å². The maximum absolute atomic E-state index is 13.1. The Bertz CT molecular complexity index is 958. The molecule has 0 radical (unpaired) electrons. The number of halogens is 1. The van der Waals surface area contributed by atoms with E-state index < -0.39 is 18.0 Å². The molecule has 0 aliphatic heterocycles. The summed E-state index contributed by atoms with van der Waals surface area (Å²) in [4.78, 5) is 37.6. The molecular formula is C28H35BrO6. The van der Waals surface area contributed by atoms with E-state index in [0.29, 0.717) is 29.7 Å². The Morgan fingerprint density at radius 3 is 2.14 bits per heavy atom. The molecule has 0 saturated carbocycles. The monoisotopic (exact) mass is 546 g/mol. The van der Waals surface area contributed by atoms with Crippen molar-refractivity contribution in [1.29, 1.82) is 0 Å². The van der Waals surface area contributed by atoms with Crippen LogP contribution in [-0.2, 0) is 25.4 Å². The average Bonchev–Trinajstić information content (AvgIpc) is 2.87. The second-order valence-corrected chi connectivity index (χ2v) is 8.90. The fourth-order valence-corrected chi connectivity index (χ4v) is 4.02. The molecule has 0 spiro atoms. The minimum absolute atomic E-state index is 0.213. The first-order valence-electron chi connectivity index (χ1n) is 12.2. The maximum atomic E-state index is 13.1. The number of carbonyl (C=O) groups is 3. The number of alkyl halides is 1. The van der Waals surface area contributed by atoms with Crippen molar-refractivity contribution >= 4 is 33.7 Å². The zero-order valence-corrected chi connectivity index (χ0v) is 22.2. The summed E-state index contributed by atoms with van der Waals surface area (Å²) in [5.41, 5.74) is 1.99. The molecule has 7 heteroatoms. The molecule has 2 rings (SSSR count). The summed E-state index contributed by atoms with van der Waals surface area (Å²) in [5, 5.41) is 1.02. The Labute approximate surface area is 216 Å². The van der Waals surface area contributed by atoms with Gasteiger partial charge in [0, 0.05) is 29.5 Å². The van der Waals surface area contributed by atoms with Gasteiger partial charge < -0.3 is 14.2 Å². The van der Waals surface area contributed by atoms with Gasteiger partial charge in [0.2, 0.25) is 0 Å². The standard InChI is InChI=1S/C28H35BrO6/c1-3-33-27(31)24-15-11-14-23(20-24)26(30)22-13-10-12-21(18-22)19-25(28(32)34-4-2)35-17-9-7-5-6-8-16-29/h10-15,18,20,25H,3-9,16-17,19H2,1-2H3. The minimum atomic E-state index is -0.727. The largest absolute Gasteiger partial charge is 0.464 e. The van der Waals surface area contributed by atoms with Gasteiger partial charge in [0.05, 0.1) is 18.8 Å². The Balaban J connectivity index is 2.07. The highest BCUT2D eigenvalue weighted by Gasteiger charge is 2.22. The minimum Gasteiger partial charge on any atom is -0.464 e. The topological polar surface area (TPSA) is 78.9 Å². The Morgan fingerprint density at radius 1 is 0.800 bits per heavy atom. The van der Waals surface area contributed by atoms with Crippen molar-refractivity contribution in [2.45, 2.75) is 58.5 Å². The van der Waals surface area contributed by atoms with Crippen LogP contribution in [0, 0.1) is 0 Å². The predicted octanol–water partition coefficient (Wildman–Crippen LogP) is 5.93. The smallest absolute Gasteiger partial charge is 0.338 e. The highest BCUT2D eigenvalue weighted by atomic mass is 79.9. The van der Waals surface area contributed by atoms with Crippen LogP contribution < -0.4 is 0 Å². The number of ether oxygens (including phenoxy) is 3. The third-order valence-electron chi connectivity index (χ3n) is 5.39. The molecule has 1 unspecified atom stereocenters. The summed E-state index contributed by atoms with van der Waals surface area (Å²) in [6.07, 6.45) is 5.00. The maximum Gasteiger partial charge on any atom is 0.338 e. The van der Waals surface area contributed by atoms with Crippen molar-refractivity contribution in [3.63, 3.8) is 0 Å². The van der Waals surface area contributed by atoms with Gasteiger partial charge in [-0.1, -0.05) is 65.5 Å². The molecule has 2 aromatic rings. The Hall–Kier alpha value is -2.51. The van der Waals surface area contributed by atoms with E-state index in [9.17, 15) is 14.4 Å². The lowest BCUT2D eigenvalue weighted by atomic mass is 9.98. The first-order valence-corrected chi connectivity index (χ1v) is 13.4. The number of hydrogen-bond acceptors (Lipinski definition) is 6. The third-order valence-corrected chi connectivity index (χ3v) is 5.95. The van der Waals surface area contributed by atoms with Crippen molar-refractivity contribution < 1.29 is 28.6 Å². The summed E-state index contributed by atoms with van der Waals surface area (Å²) in [6, 6.07) is 13.6. The van der Waals surface area contributed by atoms with Gasteiger partial charge in [0.15, 0.2) is 11.9 Å². The van der Waals surface area contributed by atoms with E-state index in [1.165, 1.54) is 12.5 Å². The number of rotatable bonds is 16. The average molecular weight is 547 g/mol. The van der Waals surface area contributed by atoms with Gasteiger partial charge in [-0.25, -0.2) is 9.59 Å². The lowest BCUT2D eigenvalue weighted by Gasteiger charge is -2.17. The van der Waals surface area contributed by atoms with E-state index in [2.05, 4.69) is 15.9 Å². The molecule has 0 aliphatic rings. The first kappa shape index (κ1) is 28.7. The summed E-state index contributed by atoms with van der Waals surface area (Å²) < 4.78 is 16.1. The molecule has 0 saturated heterocycles. The number of carbonyl (C=O) groups excluding carboxylic acids is 3. The Kier molecular flexibility index (Phi) is 13.3. The number of benzene rings is 2. The van der Waals surface area contributed by atoms with Crippen LogP contribution in [0.25, 0.3) is 0 Å². The second kappa shape index (κ2) is 16.2. The van der Waals surface area contributed by atoms with Crippen LogP contribution in [-0.4, -0.2) is 49.0 Å². The van der Waals surface area contributed by atoms with E-state index in [-0.39, 0.29) is 19.0 Å². The quantitative estimate of drug-likeness (QED) is 0.112. The van der Waals surface area contributed by atoms with Crippen LogP contribution in [0.1, 0.15) is 77.8 Å². The van der Waals surface area contributed by atoms with Crippen molar-refractivity contribution in [3.8, 4) is 0 Å². The molecule has 0 N–H and O–H groups in total. The highest BCUT2D eigenvalue weighted by Crippen LogP contribution is 2.17. The number of unbranched alkanes of at least 4 members (excludes halogenated alkanes) is 4. The van der Waals surface area contributed by atoms with E-state index in [1.807, 2.05) is 6.07 Å². The molecule has 1 atom stereocenters. The van der Waals surface area contributed by atoms with Crippen LogP contribution in [0.2, 0.25) is 0 Å². The normalized spacial score (nSPS) is 11.6. The van der Waals surface area contributed by atoms with Crippen LogP contribution in [0.15, 0.2) is 48.5 Å². The molecule has 2 aromatic carbocycles. The molecule has 0 heterocycles. The number of esters is 2. The van der Waals surface area contributed by atoms with Gasteiger partial charge in [0.1, 0.15) is 0 Å². The van der Waals surface area contributed by atoms with Gasteiger partial charge in [-0.3, -0.25) is 4.79 Å². The van der Waals surface area contributed by atoms with Crippen LogP contribution >= 0.6 is 15.9 Å². The molecular weight excluding hydrogens is 512 g/mol. The zero-order chi connectivity index (χ0) is 25.5.